The summed E-state index contributed by atoms with van der Waals surface area (Å²) in [5.74, 6) is 0.280. The summed E-state index contributed by atoms with van der Waals surface area (Å²) in [5, 5.41) is 3.38. The molecule has 2 nitrogen and oxygen atoms in total. The number of hydrogen-bond donors (Lipinski definition) is 1. The number of aryl methyl sites for hydroxylation is 2. The van der Waals surface area contributed by atoms with Crippen LogP contribution in [-0.2, 0) is 17.6 Å². The van der Waals surface area contributed by atoms with Crippen molar-refractivity contribution in [3.63, 3.8) is 0 Å². The van der Waals surface area contributed by atoms with Gasteiger partial charge >= 0.3 is 0 Å². The number of Topliss-reactive ketones (excluding diaryl/α,β-unsaturated/α-hetero) is 1. The third kappa shape index (κ3) is 2.60. The van der Waals surface area contributed by atoms with Gasteiger partial charge in [-0.05, 0) is 37.5 Å². The van der Waals surface area contributed by atoms with Crippen molar-refractivity contribution in [2.75, 3.05) is 5.32 Å². The van der Waals surface area contributed by atoms with Gasteiger partial charge in [0, 0.05) is 12.1 Å². The number of carbonyl (C=O) groups excluding carboxylic acids is 1. The van der Waals surface area contributed by atoms with Gasteiger partial charge in [-0.1, -0.05) is 47.5 Å². The molecular formula is C18H19NO. The van der Waals surface area contributed by atoms with Crippen molar-refractivity contribution in [1.82, 2.24) is 0 Å². The van der Waals surface area contributed by atoms with Crippen molar-refractivity contribution < 1.29 is 4.79 Å². The number of nitrogens with one attached hydrogen (secondary N) is 1. The maximum Gasteiger partial charge on any atom is 0.159 e. The standard InChI is InChI=1S/C18H19NO/c1-12-7-13(2)9-14(8-12)10-17-18(20)11-15-5-3-4-6-16(15)19-17/h3-9,17,19H,10-11H2,1-2H3/t17-/m0/s1. The normalized spacial score (nSPS) is 17.5. The summed E-state index contributed by atoms with van der Waals surface area (Å²) in [6.07, 6.45) is 1.30. The molecule has 2 aromatic rings. The summed E-state index contributed by atoms with van der Waals surface area (Å²) in [7, 11) is 0. The van der Waals surface area contributed by atoms with Crippen LogP contribution in [0.25, 0.3) is 0 Å². The molecule has 0 saturated carbocycles. The lowest BCUT2D eigenvalue weighted by atomic mass is 9.92. The Morgan fingerprint density at radius 1 is 1.10 bits per heavy atom. The second-order valence-corrected chi connectivity index (χ2v) is 5.70. The van der Waals surface area contributed by atoms with Crippen molar-refractivity contribution in [1.29, 1.82) is 0 Å². The highest BCUT2D eigenvalue weighted by atomic mass is 16.1. The first-order valence-electron chi connectivity index (χ1n) is 7.06. The molecular weight excluding hydrogens is 246 g/mol. The minimum absolute atomic E-state index is 0.105. The van der Waals surface area contributed by atoms with Crippen LogP contribution in [0.5, 0.6) is 0 Å². The summed E-state index contributed by atoms with van der Waals surface area (Å²) in [4.78, 5) is 12.3. The first kappa shape index (κ1) is 12.9. The summed E-state index contributed by atoms with van der Waals surface area (Å²) < 4.78 is 0. The fourth-order valence-corrected chi connectivity index (χ4v) is 2.98. The Hall–Kier alpha value is -2.09. The molecule has 0 amide bonds. The molecule has 102 valence electrons. The molecule has 0 fully saturated rings. The zero-order valence-corrected chi connectivity index (χ0v) is 11.9. The summed E-state index contributed by atoms with van der Waals surface area (Å²) >= 11 is 0. The van der Waals surface area contributed by atoms with E-state index in [9.17, 15) is 4.79 Å². The van der Waals surface area contributed by atoms with Gasteiger partial charge in [0.2, 0.25) is 0 Å². The van der Waals surface area contributed by atoms with E-state index in [0.717, 1.165) is 17.7 Å². The summed E-state index contributed by atoms with van der Waals surface area (Å²) in [5.41, 5.74) is 5.94. The van der Waals surface area contributed by atoms with Gasteiger partial charge in [-0.2, -0.15) is 0 Å². The van der Waals surface area contributed by atoms with Crippen molar-refractivity contribution in [3.05, 3.63) is 64.7 Å². The molecule has 1 N–H and O–H groups in total. The van der Waals surface area contributed by atoms with Gasteiger partial charge in [0.05, 0.1) is 6.04 Å². The van der Waals surface area contributed by atoms with E-state index in [1.54, 1.807) is 0 Å². The van der Waals surface area contributed by atoms with Crippen LogP contribution in [0.1, 0.15) is 22.3 Å². The Labute approximate surface area is 119 Å². The Morgan fingerprint density at radius 3 is 2.55 bits per heavy atom. The second-order valence-electron chi connectivity index (χ2n) is 5.70. The van der Waals surface area contributed by atoms with Crippen LogP contribution in [0.3, 0.4) is 0 Å². The number of rotatable bonds is 2. The molecule has 0 aromatic heterocycles. The third-order valence-electron chi connectivity index (χ3n) is 3.82. The topological polar surface area (TPSA) is 29.1 Å². The van der Waals surface area contributed by atoms with Crippen LogP contribution < -0.4 is 5.32 Å². The average molecular weight is 265 g/mol. The molecule has 0 saturated heterocycles. The van der Waals surface area contributed by atoms with Gasteiger partial charge < -0.3 is 5.32 Å². The molecule has 0 spiro atoms. The molecule has 20 heavy (non-hydrogen) atoms. The largest absolute Gasteiger partial charge is 0.375 e. The molecule has 2 heteroatoms. The lowest BCUT2D eigenvalue weighted by molar-refractivity contribution is -0.119. The van der Waals surface area contributed by atoms with E-state index in [-0.39, 0.29) is 11.8 Å². The van der Waals surface area contributed by atoms with E-state index < -0.39 is 0 Å². The van der Waals surface area contributed by atoms with Crippen molar-refractivity contribution in [3.8, 4) is 0 Å². The molecule has 1 atom stereocenters. The van der Waals surface area contributed by atoms with E-state index in [4.69, 9.17) is 0 Å². The predicted molar refractivity (Wildman–Crippen MR) is 82.2 cm³/mol. The molecule has 0 bridgehead atoms. The maximum absolute atomic E-state index is 12.3. The number of hydrogen-bond acceptors (Lipinski definition) is 2. The number of carbonyl (C=O) groups is 1. The highest BCUT2D eigenvalue weighted by molar-refractivity contribution is 5.93. The average Bonchev–Trinajstić information content (AvgIpc) is 2.38. The Morgan fingerprint density at radius 2 is 1.80 bits per heavy atom. The van der Waals surface area contributed by atoms with E-state index in [0.29, 0.717) is 6.42 Å². The van der Waals surface area contributed by atoms with Crippen molar-refractivity contribution in [2.45, 2.75) is 32.7 Å². The minimum Gasteiger partial charge on any atom is -0.375 e. The highest BCUT2D eigenvalue weighted by Gasteiger charge is 2.25. The number of fused-ring (bicyclic) bond motifs is 1. The van der Waals surface area contributed by atoms with Crippen molar-refractivity contribution >= 4 is 11.5 Å². The fraction of sp³-hybridized carbons (Fsp3) is 0.278. The highest BCUT2D eigenvalue weighted by Crippen LogP contribution is 2.24. The summed E-state index contributed by atoms with van der Waals surface area (Å²) in [6.45, 7) is 4.20. The first-order chi connectivity index (χ1) is 9.61. The zero-order valence-electron chi connectivity index (χ0n) is 11.9. The monoisotopic (exact) mass is 265 g/mol. The quantitative estimate of drug-likeness (QED) is 0.901. The molecule has 1 heterocycles. The van der Waals surface area contributed by atoms with E-state index in [1.165, 1.54) is 16.7 Å². The predicted octanol–water partition coefficient (Wildman–Crippen LogP) is 3.45. The number of para-hydroxylation sites is 1. The number of ketones is 1. The van der Waals surface area contributed by atoms with Gasteiger partial charge in [0.1, 0.15) is 0 Å². The van der Waals surface area contributed by atoms with Gasteiger partial charge in [-0.25, -0.2) is 0 Å². The smallest absolute Gasteiger partial charge is 0.159 e. The van der Waals surface area contributed by atoms with Crippen LogP contribution >= 0.6 is 0 Å². The van der Waals surface area contributed by atoms with Crippen LogP contribution in [0.15, 0.2) is 42.5 Å². The molecule has 1 aliphatic heterocycles. The number of anilines is 1. The van der Waals surface area contributed by atoms with Gasteiger partial charge in [0.25, 0.3) is 0 Å². The Bertz CT molecular complexity index is 640. The maximum atomic E-state index is 12.3. The van der Waals surface area contributed by atoms with Gasteiger partial charge in [0.15, 0.2) is 5.78 Å². The Balaban J connectivity index is 1.83. The zero-order chi connectivity index (χ0) is 14.1. The number of benzene rings is 2. The fourth-order valence-electron chi connectivity index (χ4n) is 2.98. The molecule has 3 rings (SSSR count). The SMILES string of the molecule is Cc1cc(C)cc(C[C@@H]2Nc3ccccc3CC2=O)c1. The van der Waals surface area contributed by atoms with Crippen molar-refractivity contribution in [2.24, 2.45) is 0 Å². The van der Waals surface area contributed by atoms with E-state index >= 15 is 0 Å². The van der Waals surface area contributed by atoms with Crippen LogP contribution in [0, 0.1) is 13.8 Å². The third-order valence-corrected chi connectivity index (χ3v) is 3.82. The molecule has 0 unspecified atom stereocenters. The van der Waals surface area contributed by atoms with E-state index in [1.807, 2.05) is 18.2 Å². The lowest BCUT2D eigenvalue weighted by Crippen LogP contribution is -2.37. The molecule has 1 aliphatic rings. The van der Waals surface area contributed by atoms with Crippen LogP contribution in [0.4, 0.5) is 5.69 Å². The van der Waals surface area contributed by atoms with Gasteiger partial charge in [-0.3, -0.25) is 4.79 Å². The summed E-state index contributed by atoms with van der Waals surface area (Å²) in [6, 6.07) is 14.5. The Kier molecular flexibility index (Phi) is 3.31. The lowest BCUT2D eigenvalue weighted by Gasteiger charge is -2.26. The first-order valence-corrected chi connectivity index (χ1v) is 7.06. The van der Waals surface area contributed by atoms with Gasteiger partial charge in [-0.15, -0.1) is 0 Å². The molecule has 0 radical (unpaired) electrons. The molecule has 2 aromatic carbocycles. The van der Waals surface area contributed by atoms with Crippen LogP contribution in [0.2, 0.25) is 0 Å². The second kappa shape index (κ2) is 5.12. The molecule has 0 aliphatic carbocycles. The van der Waals surface area contributed by atoms with Crippen LogP contribution in [-0.4, -0.2) is 11.8 Å². The van der Waals surface area contributed by atoms with E-state index in [2.05, 4.69) is 43.4 Å². The minimum atomic E-state index is -0.105.